The average Bonchev–Trinajstić information content (AvgIpc) is 2.24. The van der Waals surface area contributed by atoms with Gasteiger partial charge in [-0.1, -0.05) is 15.9 Å². The number of hydrogen-bond donors (Lipinski definition) is 1. The second kappa shape index (κ2) is 8.50. The SMILES string of the molecule is O=S(=O)(O)c1ccc(OCCCCBr)cc1.[NaH]. The average molecular weight is 333 g/mol. The molecule has 0 atom stereocenters. The van der Waals surface area contributed by atoms with Crippen molar-refractivity contribution in [3.8, 4) is 5.75 Å². The first-order valence-electron chi connectivity index (χ1n) is 4.80. The molecule has 92 valence electrons. The Morgan fingerprint density at radius 1 is 1.18 bits per heavy atom. The molecule has 0 aliphatic heterocycles. The van der Waals surface area contributed by atoms with Gasteiger partial charge in [0.25, 0.3) is 10.1 Å². The molecule has 0 saturated heterocycles. The van der Waals surface area contributed by atoms with Gasteiger partial charge >= 0.3 is 29.6 Å². The zero-order valence-electron chi connectivity index (χ0n) is 8.60. The quantitative estimate of drug-likeness (QED) is 0.373. The van der Waals surface area contributed by atoms with Crippen molar-refractivity contribution in [2.45, 2.75) is 17.7 Å². The second-order valence-electron chi connectivity index (χ2n) is 3.19. The molecule has 0 saturated carbocycles. The fraction of sp³-hybridized carbons (Fsp3) is 0.400. The summed E-state index contributed by atoms with van der Waals surface area (Å²) in [5.41, 5.74) is 0. The van der Waals surface area contributed by atoms with Crippen LogP contribution in [0.2, 0.25) is 0 Å². The Bertz CT molecular complexity index is 418. The van der Waals surface area contributed by atoms with Crippen molar-refractivity contribution in [3.05, 3.63) is 24.3 Å². The predicted octanol–water partition coefficient (Wildman–Crippen LogP) is 1.84. The van der Waals surface area contributed by atoms with E-state index in [-0.39, 0.29) is 34.5 Å². The van der Waals surface area contributed by atoms with Crippen molar-refractivity contribution in [3.63, 3.8) is 0 Å². The molecule has 7 heteroatoms. The molecule has 0 heterocycles. The molecule has 17 heavy (non-hydrogen) atoms. The van der Waals surface area contributed by atoms with Crippen LogP contribution in [0.1, 0.15) is 12.8 Å². The van der Waals surface area contributed by atoms with E-state index in [1.165, 1.54) is 24.3 Å². The Labute approximate surface area is 132 Å². The number of alkyl halides is 1. The van der Waals surface area contributed by atoms with E-state index in [4.69, 9.17) is 9.29 Å². The maximum atomic E-state index is 10.8. The first-order chi connectivity index (χ1) is 7.54. The first kappa shape index (κ1) is 17.4. The molecule has 0 aliphatic rings. The van der Waals surface area contributed by atoms with E-state index in [1.807, 2.05) is 0 Å². The van der Waals surface area contributed by atoms with Crippen LogP contribution in [0.5, 0.6) is 5.75 Å². The van der Waals surface area contributed by atoms with Crippen LogP contribution in [0, 0.1) is 0 Å². The minimum absolute atomic E-state index is 0. The zero-order valence-corrected chi connectivity index (χ0v) is 11.0. The Morgan fingerprint density at radius 3 is 2.24 bits per heavy atom. The van der Waals surface area contributed by atoms with Crippen molar-refractivity contribution in [2.24, 2.45) is 0 Å². The Balaban J connectivity index is 0.00000256. The van der Waals surface area contributed by atoms with E-state index >= 15 is 0 Å². The van der Waals surface area contributed by atoms with Crippen LogP contribution in [0.25, 0.3) is 0 Å². The van der Waals surface area contributed by atoms with E-state index < -0.39 is 10.1 Å². The van der Waals surface area contributed by atoms with E-state index in [9.17, 15) is 8.42 Å². The molecule has 1 N–H and O–H groups in total. The van der Waals surface area contributed by atoms with Crippen LogP contribution in [0.3, 0.4) is 0 Å². The summed E-state index contributed by atoms with van der Waals surface area (Å²) in [5.74, 6) is 0.599. The van der Waals surface area contributed by atoms with Crippen LogP contribution < -0.4 is 4.74 Å². The molecule has 4 nitrogen and oxygen atoms in total. The van der Waals surface area contributed by atoms with E-state index in [2.05, 4.69) is 15.9 Å². The van der Waals surface area contributed by atoms with E-state index in [0.29, 0.717) is 12.4 Å². The summed E-state index contributed by atoms with van der Waals surface area (Å²) >= 11 is 3.32. The van der Waals surface area contributed by atoms with Gasteiger partial charge in [0.05, 0.1) is 11.5 Å². The van der Waals surface area contributed by atoms with Crippen molar-refractivity contribution in [2.75, 3.05) is 11.9 Å². The van der Waals surface area contributed by atoms with Gasteiger partial charge < -0.3 is 4.74 Å². The molecule has 1 aromatic carbocycles. The third kappa shape index (κ3) is 6.79. The maximum absolute atomic E-state index is 10.8. The van der Waals surface area contributed by atoms with Gasteiger partial charge in [0, 0.05) is 5.33 Å². The monoisotopic (exact) mass is 332 g/mol. The van der Waals surface area contributed by atoms with Crippen molar-refractivity contribution in [1.82, 2.24) is 0 Å². The number of ether oxygens (including phenoxy) is 1. The molecule has 0 unspecified atom stereocenters. The normalized spacial score (nSPS) is 10.7. The number of unbranched alkanes of at least 4 members (excludes halogenated alkanes) is 1. The molecular weight excluding hydrogens is 319 g/mol. The molecule has 1 aromatic rings. The number of hydrogen-bond acceptors (Lipinski definition) is 3. The van der Waals surface area contributed by atoms with Crippen LogP contribution >= 0.6 is 15.9 Å². The first-order valence-corrected chi connectivity index (χ1v) is 7.36. The van der Waals surface area contributed by atoms with Gasteiger partial charge in [0.15, 0.2) is 0 Å². The summed E-state index contributed by atoms with van der Waals surface area (Å²) in [5, 5.41) is 0.943. The predicted molar refractivity (Wildman–Crippen MR) is 71.9 cm³/mol. The fourth-order valence-corrected chi connectivity index (χ4v) is 1.97. The molecule has 1 rings (SSSR count). The second-order valence-corrected chi connectivity index (χ2v) is 5.41. The summed E-state index contributed by atoms with van der Waals surface area (Å²) in [4.78, 5) is -0.125. The molecule has 0 bridgehead atoms. The Morgan fingerprint density at radius 2 is 1.76 bits per heavy atom. The van der Waals surface area contributed by atoms with E-state index in [0.717, 1.165) is 18.2 Å². The third-order valence-corrected chi connectivity index (χ3v) is 3.35. The molecule has 0 spiro atoms. The third-order valence-electron chi connectivity index (χ3n) is 1.92. The molecular formula is C10H14BrNaO4S. The molecule has 0 radical (unpaired) electrons. The van der Waals surface area contributed by atoms with Gasteiger partial charge in [0.1, 0.15) is 5.75 Å². The van der Waals surface area contributed by atoms with Gasteiger partial charge in [-0.2, -0.15) is 8.42 Å². The summed E-state index contributed by atoms with van der Waals surface area (Å²) < 4.78 is 35.6. The number of benzene rings is 1. The van der Waals surface area contributed by atoms with Crippen LogP contribution in [0.15, 0.2) is 29.2 Å². The molecule has 0 aliphatic carbocycles. The topological polar surface area (TPSA) is 63.6 Å². The van der Waals surface area contributed by atoms with Crippen molar-refractivity contribution >= 4 is 55.6 Å². The Hall–Kier alpha value is 0.410. The number of halogens is 1. The van der Waals surface area contributed by atoms with Crippen LogP contribution in [-0.2, 0) is 10.1 Å². The number of rotatable bonds is 6. The summed E-state index contributed by atoms with van der Waals surface area (Å²) in [6.07, 6.45) is 1.97. The molecule has 0 aromatic heterocycles. The molecule has 0 fully saturated rings. The summed E-state index contributed by atoms with van der Waals surface area (Å²) in [7, 11) is -4.11. The van der Waals surface area contributed by atoms with Crippen LogP contribution in [0.4, 0.5) is 0 Å². The van der Waals surface area contributed by atoms with Gasteiger partial charge in [0.2, 0.25) is 0 Å². The standard InChI is InChI=1S/C10H13BrO4S.Na.H/c11-7-1-2-8-15-9-3-5-10(6-4-9)16(12,13)14;;/h3-6H,1-2,7-8H2,(H,12,13,14);;. The summed E-state index contributed by atoms with van der Waals surface area (Å²) in [6.45, 7) is 0.594. The van der Waals surface area contributed by atoms with Gasteiger partial charge in [-0.05, 0) is 37.1 Å². The van der Waals surface area contributed by atoms with Gasteiger partial charge in [-0.25, -0.2) is 0 Å². The minimum atomic E-state index is -4.11. The fourth-order valence-electron chi connectivity index (χ4n) is 1.09. The van der Waals surface area contributed by atoms with Crippen molar-refractivity contribution in [1.29, 1.82) is 0 Å². The molecule has 0 amide bonds. The van der Waals surface area contributed by atoms with Gasteiger partial charge in [-0.15, -0.1) is 0 Å². The van der Waals surface area contributed by atoms with Crippen molar-refractivity contribution < 1.29 is 17.7 Å². The van der Waals surface area contributed by atoms with Gasteiger partial charge in [-0.3, -0.25) is 4.55 Å². The van der Waals surface area contributed by atoms with Crippen LogP contribution in [-0.4, -0.2) is 54.5 Å². The van der Waals surface area contributed by atoms with E-state index in [1.54, 1.807) is 0 Å². The summed E-state index contributed by atoms with van der Waals surface area (Å²) in [6, 6.07) is 5.68. The Kier molecular flexibility index (Phi) is 8.71. The zero-order chi connectivity index (χ0) is 12.0.